The summed E-state index contributed by atoms with van der Waals surface area (Å²) in [5.41, 5.74) is 1.26. The topological polar surface area (TPSA) is 53.5 Å². The molecule has 0 aliphatic carbocycles. The summed E-state index contributed by atoms with van der Waals surface area (Å²) < 4.78 is 5.50. The maximum atomic E-state index is 5.50. The molecule has 0 atom stereocenters. The van der Waals surface area contributed by atoms with E-state index in [1.807, 2.05) is 0 Å². The van der Waals surface area contributed by atoms with Crippen molar-refractivity contribution in [3.05, 3.63) is 17.6 Å². The van der Waals surface area contributed by atoms with E-state index >= 15 is 0 Å². The monoisotopic (exact) mass is 375 g/mol. The van der Waals surface area contributed by atoms with E-state index in [0.717, 1.165) is 76.1 Å². The van der Waals surface area contributed by atoms with Gasteiger partial charge in [-0.05, 0) is 40.0 Å². The highest BCUT2D eigenvalue weighted by molar-refractivity contribution is 5.40. The number of hydrogen-bond donors (Lipinski definition) is 1. The van der Waals surface area contributed by atoms with Crippen molar-refractivity contribution in [2.45, 2.75) is 65.0 Å². The number of hydrogen-bond acceptors (Lipinski definition) is 6. The Balaban J connectivity index is 1.49. The van der Waals surface area contributed by atoms with Crippen molar-refractivity contribution in [2.24, 2.45) is 0 Å². The van der Waals surface area contributed by atoms with Gasteiger partial charge in [0, 0.05) is 62.5 Å². The zero-order chi connectivity index (χ0) is 19.3. The second kappa shape index (κ2) is 9.30. The second-order valence-electron chi connectivity index (χ2n) is 8.59. The van der Waals surface area contributed by atoms with Crippen LogP contribution in [0.15, 0.2) is 6.07 Å². The number of morpholine rings is 1. The molecule has 2 aliphatic heterocycles. The molecule has 0 aromatic carbocycles. The van der Waals surface area contributed by atoms with Gasteiger partial charge < -0.3 is 15.0 Å². The number of aromatic nitrogens is 2. The number of nitrogens with zero attached hydrogens (tertiary/aromatic N) is 4. The third-order valence-electron chi connectivity index (χ3n) is 5.87. The van der Waals surface area contributed by atoms with E-state index in [2.05, 4.69) is 53.9 Å². The predicted octanol–water partition coefficient (Wildman–Crippen LogP) is 2.41. The lowest BCUT2D eigenvalue weighted by atomic mass is 9.99. The Kier molecular flexibility index (Phi) is 7.06. The van der Waals surface area contributed by atoms with Gasteiger partial charge in [-0.1, -0.05) is 6.92 Å². The summed E-state index contributed by atoms with van der Waals surface area (Å²) in [7, 11) is 0. The molecule has 1 aromatic rings. The molecule has 3 rings (SSSR count). The van der Waals surface area contributed by atoms with Gasteiger partial charge in [0.1, 0.15) is 11.6 Å². The smallest absolute Gasteiger partial charge is 0.132 e. The van der Waals surface area contributed by atoms with Gasteiger partial charge in [-0.3, -0.25) is 4.90 Å². The number of ether oxygens (including phenoxy) is 1. The Morgan fingerprint density at radius 3 is 2.52 bits per heavy atom. The Morgan fingerprint density at radius 2 is 1.85 bits per heavy atom. The maximum absolute atomic E-state index is 5.50. The van der Waals surface area contributed by atoms with Crippen molar-refractivity contribution in [3.8, 4) is 0 Å². The van der Waals surface area contributed by atoms with Crippen molar-refractivity contribution in [3.63, 3.8) is 0 Å². The van der Waals surface area contributed by atoms with E-state index in [1.54, 1.807) is 0 Å². The molecule has 0 bridgehead atoms. The Labute approximate surface area is 164 Å². The Morgan fingerprint density at radius 1 is 1.15 bits per heavy atom. The Hall–Kier alpha value is -1.24. The van der Waals surface area contributed by atoms with E-state index in [9.17, 15) is 0 Å². The molecule has 0 spiro atoms. The maximum Gasteiger partial charge on any atom is 0.132 e. The molecule has 0 radical (unpaired) electrons. The normalized spacial score (nSPS) is 20.2. The SMILES string of the molecule is CCCc1nc(C)cc(N2CCC(NCC(C)(C)N3CCOCC3)CC2)n1. The molecular weight excluding hydrogens is 338 g/mol. The molecule has 6 nitrogen and oxygen atoms in total. The van der Waals surface area contributed by atoms with Gasteiger partial charge in [0.2, 0.25) is 0 Å². The zero-order valence-electron chi connectivity index (χ0n) is 17.6. The van der Waals surface area contributed by atoms with Crippen LogP contribution in [0.2, 0.25) is 0 Å². The number of rotatable bonds is 7. The average Bonchev–Trinajstić information content (AvgIpc) is 2.67. The molecule has 0 saturated carbocycles. The van der Waals surface area contributed by atoms with Gasteiger partial charge in [-0.2, -0.15) is 0 Å². The molecule has 0 unspecified atom stereocenters. The highest BCUT2D eigenvalue weighted by Crippen LogP contribution is 2.21. The van der Waals surface area contributed by atoms with Crippen LogP contribution in [-0.4, -0.2) is 72.4 Å². The number of nitrogens with one attached hydrogen (secondary N) is 1. The fraction of sp³-hybridized carbons (Fsp3) is 0.810. The van der Waals surface area contributed by atoms with Crippen LogP contribution in [0.5, 0.6) is 0 Å². The van der Waals surface area contributed by atoms with Gasteiger partial charge in [-0.15, -0.1) is 0 Å². The molecule has 1 N–H and O–H groups in total. The first-order chi connectivity index (χ1) is 13.0. The summed E-state index contributed by atoms with van der Waals surface area (Å²) in [5.74, 6) is 2.10. The van der Waals surface area contributed by atoms with Crippen LogP contribution in [0, 0.1) is 6.92 Å². The van der Waals surface area contributed by atoms with Crippen LogP contribution in [0.1, 0.15) is 51.6 Å². The van der Waals surface area contributed by atoms with Gasteiger partial charge in [0.05, 0.1) is 13.2 Å². The number of anilines is 1. The molecule has 1 aromatic heterocycles. The van der Waals surface area contributed by atoms with Crippen LogP contribution in [0.3, 0.4) is 0 Å². The fourth-order valence-electron chi connectivity index (χ4n) is 4.10. The lowest BCUT2D eigenvalue weighted by molar-refractivity contribution is -0.0105. The summed E-state index contributed by atoms with van der Waals surface area (Å²) in [6.07, 6.45) is 4.40. The molecular formula is C21H37N5O. The summed E-state index contributed by atoms with van der Waals surface area (Å²) in [4.78, 5) is 14.3. The van der Waals surface area contributed by atoms with Crippen LogP contribution < -0.4 is 10.2 Å². The summed E-state index contributed by atoms with van der Waals surface area (Å²) >= 11 is 0. The van der Waals surface area contributed by atoms with Gasteiger partial charge in [-0.25, -0.2) is 9.97 Å². The van der Waals surface area contributed by atoms with E-state index < -0.39 is 0 Å². The number of piperidine rings is 1. The first-order valence-corrected chi connectivity index (χ1v) is 10.6. The second-order valence-corrected chi connectivity index (χ2v) is 8.59. The summed E-state index contributed by atoms with van der Waals surface area (Å²) in [6, 6.07) is 2.73. The number of aryl methyl sites for hydroxylation is 2. The van der Waals surface area contributed by atoms with Gasteiger partial charge in [0.25, 0.3) is 0 Å². The first kappa shape index (κ1) is 20.5. The standard InChI is InChI=1S/C21H37N5O/c1-5-6-19-23-17(2)15-20(24-19)25-9-7-18(8-10-25)22-16-21(3,4)26-11-13-27-14-12-26/h15,18,22H,5-14,16H2,1-4H3. The average molecular weight is 376 g/mol. The summed E-state index contributed by atoms with van der Waals surface area (Å²) in [6.45, 7) is 15.9. The predicted molar refractivity (Wildman–Crippen MR) is 110 cm³/mol. The molecule has 0 amide bonds. The molecule has 6 heteroatoms. The molecule has 2 aliphatic rings. The van der Waals surface area contributed by atoms with Crippen LogP contribution >= 0.6 is 0 Å². The third-order valence-corrected chi connectivity index (χ3v) is 5.87. The van der Waals surface area contributed by atoms with Crippen LogP contribution in [0.4, 0.5) is 5.82 Å². The van der Waals surface area contributed by atoms with E-state index in [0.29, 0.717) is 6.04 Å². The van der Waals surface area contributed by atoms with E-state index in [-0.39, 0.29) is 5.54 Å². The van der Waals surface area contributed by atoms with Gasteiger partial charge in [0.15, 0.2) is 0 Å². The van der Waals surface area contributed by atoms with E-state index in [4.69, 9.17) is 9.72 Å². The quantitative estimate of drug-likeness (QED) is 0.790. The largest absolute Gasteiger partial charge is 0.379 e. The zero-order valence-corrected chi connectivity index (χ0v) is 17.6. The van der Waals surface area contributed by atoms with E-state index in [1.165, 1.54) is 12.8 Å². The van der Waals surface area contributed by atoms with Crippen molar-refractivity contribution < 1.29 is 4.74 Å². The van der Waals surface area contributed by atoms with Gasteiger partial charge >= 0.3 is 0 Å². The van der Waals surface area contributed by atoms with Crippen molar-refractivity contribution in [1.82, 2.24) is 20.2 Å². The van der Waals surface area contributed by atoms with Crippen molar-refractivity contribution >= 4 is 5.82 Å². The summed E-state index contributed by atoms with van der Waals surface area (Å²) in [5, 5.41) is 3.83. The highest BCUT2D eigenvalue weighted by Gasteiger charge is 2.29. The first-order valence-electron chi connectivity index (χ1n) is 10.6. The third kappa shape index (κ3) is 5.62. The Bertz CT molecular complexity index is 592. The fourth-order valence-corrected chi connectivity index (χ4v) is 4.10. The van der Waals surface area contributed by atoms with Crippen molar-refractivity contribution in [1.29, 1.82) is 0 Å². The minimum atomic E-state index is 0.180. The molecule has 152 valence electrons. The lowest BCUT2D eigenvalue weighted by Gasteiger charge is -2.42. The molecule has 2 fully saturated rings. The minimum absolute atomic E-state index is 0.180. The van der Waals surface area contributed by atoms with Crippen LogP contribution in [-0.2, 0) is 11.2 Å². The van der Waals surface area contributed by atoms with Crippen LogP contribution in [0.25, 0.3) is 0 Å². The molecule has 3 heterocycles. The molecule has 2 saturated heterocycles. The highest BCUT2D eigenvalue weighted by atomic mass is 16.5. The van der Waals surface area contributed by atoms with Crippen molar-refractivity contribution in [2.75, 3.05) is 50.8 Å². The lowest BCUT2D eigenvalue weighted by Crippen LogP contribution is -2.56. The minimum Gasteiger partial charge on any atom is -0.379 e. The molecule has 27 heavy (non-hydrogen) atoms.